The highest BCUT2D eigenvalue weighted by atomic mass is 79.9. The standard InChI is InChI=1S/C7H4BrClF2O3S/c8-4-1-5(14-7(10)11)3-6(2-4)15(9,12)13/h1-3,7H. The third-order valence-corrected chi connectivity index (χ3v) is 3.14. The van der Waals surface area contributed by atoms with Gasteiger partial charge in [0, 0.05) is 21.2 Å². The third kappa shape index (κ3) is 3.92. The molecule has 1 rings (SSSR count). The number of hydrogen-bond acceptors (Lipinski definition) is 3. The summed E-state index contributed by atoms with van der Waals surface area (Å²) in [5.74, 6) is -0.279. The van der Waals surface area contributed by atoms with E-state index in [9.17, 15) is 17.2 Å². The molecule has 0 bridgehead atoms. The molecule has 0 aliphatic heterocycles. The SMILES string of the molecule is O=S(=O)(Cl)c1cc(Br)cc(OC(F)F)c1. The Balaban J connectivity index is 3.17. The second kappa shape index (κ2) is 4.63. The van der Waals surface area contributed by atoms with Gasteiger partial charge in [-0.1, -0.05) is 15.9 Å². The summed E-state index contributed by atoms with van der Waals surface area (Å²) in [4.78, 5) is -0.311. The van der Waals surface area contributed by atoms with Crippen LogP contribution in [0.4, 0.5) is 8.78 Å². The second-order valence-electron chi connectivity index (χ2n) is 2.44. The maximum atomic E-state index is 11.9. The molecule has 0 saturated carbocycles. The van der Waals surface area contributed by atoms with E-state index in [1.807, 2.05) is 0 Å². The number of benzene rings is 1. The summed E-state index contributed by atoms with van der Waals surface area (Å²) in [5, 5.41) is 0. The molecular formula is C7H4BrClF2O3S. The average molecular weight is 322 g/mol. The van der Waals surface area contributed by atoms with Gasteiger partial charge in [-0.3, -0.25) is 0 Å². The molecule has 0 atom stereocenters. The summed E-state index contributed by atoms with van der Waals surface area (Å²) in [5.41, 5.74) is 0. The van der Waals surface area contributed by atoms with E-state index in [2.05, 4.69) is 20.7 Å². The van der Waals surface area contributed by atoms with Gasteiger partial charge in [-0.2, -0.15) is 8.78 Å². The van der Waals surface area contributed by atoms with E-state index in [-0.39, 0.29) is 15.1 Å². The minimum Gasteiger partial charge on any atom is -0.435 e. The van der Waals surface area contributed by atoms with Crippen molar-refractivity contribution < 1.29 is 21.9 Å². The highest BCUT2D eigenvalue weighted by molar-refractivity contribution is 9.10. The summed E-state index contributed by atoms with van der Waals surface area (Å²) < 4.78 is 49.9. The van der Waals surface area contributed by atoms with Gasteiger partial charge in [-0.05, 0) is 12.1 Å². The van der Waals surface area contributed by atoms with E-state index in [1.54, 1.807) is 0 Å². The highest BCUT2D eigenvalue weighted by Gasteiger charge is 2.14. The Morgan fingerprint density at radius 1 is 1.33 bits per heavy atom. The molecule has 0 aliphatic rings. The van der Waals surface area contributed by atoms with Gasteiger partial charge in [0.2, 0.25) is 0 Å². The van der Waals surface area contributed by atoms with Crippen LogP contribution >= 0.6 is 26.6 Å². The lowest BCUT2D eigenvalue weighted by Crippen LogP contribution is -2.02. The number of ether oxygens (including phenoxy) is 1. The number of halogens is 4. The minimum absolute atomic E-state index is 0.278. The Bertz CT molecular complexity index is 463. The van der Waals surface area contributed by atoms with Crippen LogP contribution in [0.3, 0.4) is 0 Å². The van der Waals surface area contributed by atoms with Crippen LogP contribution < -0.4 is 4.74 Å². The Morgan fingerprint density at radius 2 is 1.93 bits per heavy atom. The van der Waals surface area contributed by atoms with E-state index in [0.717, 1.165) is 6.07 Å². The third-order valence-electron chi connectivity index (χ3n) is 1.35. The summed E-state index contributed by atoms with van der Waals surface area (Å²) in [6, 6.07) is 3.30. The van der Waals surface area contributed by atoms with Crippen molar-refractivity contribution in [1.29, 1.82) is 0 Å². The zero-order chi connectivity index (χ0) is 11.6. The van der Waals surface area contributed by atoms with Crippen LogP contribution in [0, 0.1) is 0 Å². The zero-order valence-corrected chi connectivity index (χ0v) is 10.1. The zero-order valence-electron chi connectivity index (χ0n) is 6.95. The molecule has 8 heteroatoms. The summed E-state index contributed by atoms with van der Waals surface area (Å²) in [6.45, 7) is -3.02. The molecule has 3 nitrogen and oxygen atoms in total. The number of rotatable bonds is 3. The first-order chi connectivity index (χ1) is 6.79. The molecule has 0 N–H and O–H groups in total. The van der Waals surface area contributed by atoms with Crippen LogP contribution in [0.1, 0.15) is 0 Å². The van der Waals surface area contributed by atoms with Gasteiger partial charge in [-0.25, -0.2) is 8.42 Å². The first-order valence-corrected chi connectivity index (χ1v) is 6.59. The minimum atomic E-state index is -3.97. The van der Waals surface area contributed by atoms with Crippen molar-refractivity contribution in [1.82, 2.24) is 0 Å². The van der Waals surface area contributed by atoms with E-state index in [1.165, 1.54) is 12.1 Å². The predicted molar refractivity (Wildman–Crippen MR) is 53.8 cm³/mol. The van der Waals surface area contributed by atoms with Gasteiger partial charge in [0.1, 0.15) is 5.75 Å². The Kier molecular flexibility index (Phi) is 3.91. The van der Waals surface area contributed by atoms with Crippen molar-refractivity contribution in [3.8, 4) is 5.75 Å². The van der Waals surface area contributed by atoms with E-state index >= 15 is 0 Å². The fraction of sp³-hybridized carbons (Fsp3) is 0.143. The molecule has 1 aromatic carbocycles. The van der Waals surface area contributed by atoms with E-state index in [0.29, 0.717) is 0 Å². The van der Waals surface area contributed by atoms with Crippen LogP contribution in [0.15, 0.2) is 27.6 Å². The smallest absolute Gasteiger partial charge is 0.387 e. The van der Waals surface area contributed by atoms with Gasteiger partial charge < -0.3 is 4.74 Å². The molecule has 0 saturated heterocycles. The Labute approximate surface area is 97.5 Å². The molecule has 0 aromatic heterocycles. The normalized spacial score (nSPS) is 11.8. The van der Waals surface area contributed by atoms with Crippen LogP contribution in [0.2, 0.25) is 0 Å². The van der Waals surface area contributed by atoms with Crippen molar-refractivity contribution in [2.45, 2.75) is 11.5 Å². The van der Waals surface area contributed by atoms with Gasteiger partial charge in [-0.15, -0.1) is 0 Å². The maximum Gasteiger partial charge on any atom is 0.387 e. The monoisotopic (exact) mass is 320 g/mol. The number of hydrogen-bond donors (Lipinski definition) is 0. The molecule has 15 heavy (non-hydrogen) atoms. The molecule has 0 unspecified atom stereocenters. The van der Waals surface area contributed by atoms with Crippen molar-refractivity contribution in [3.05, 3.63) is 22.7 Å². The van der Waals surface area contributed by atoms with Gasteiger partial charge in [0.15, 0.2) is 0 Å². The molecular weight excluding hydrogens is 317 g/mol. The molecule has 0 fully saturated rings. The maximum absolute atomic E-state index is 11.9. The fourth-order valence-corrected chi connectivity index (χ4v) is 2.26. The Hall–Kier alpha value is -0.400. The van der Waals surface area contributed by atoms with Crippen molar-refractivity contribution in [2.24, 2.45) is 0 Å². The summed E-state index contributed by atoms with van der Waals surface area (Å²) >= 11 is 2.95. The quantitative estimate of drug-likeness (QED) is 0.804. The molecule has 0 radical (unpaired) electrons. The molecule has 0 aliphatic carbocycles. The fourth-order valence-electron chi connectivity index (χ4n) is 0.849. The molecule has 0 amide bonds. The van der Waals surface area contributed by atoms with Crippen molar-refractivity contribution >= 4 is 35.7 Å². The van der Waals surface area contributed by atoms with Crippen LogP contribution in [-0.2, 0) is 9.05 Å². The van der Waals surface area contributed by atoms with Gasteiger partial charge in [0.05, 0.1) is 4.90 Å². The average Bonchev–Trinajstić information content (AvgIpc) is 1.99. The van der Waals surface area contributed by atoms with Crippen LogP contribution in [0.5, 0.6) is 5.75 Å². The van der Waals surface area contributed by atoms with Gasteiger partial charge >= 0.3 is 6.61 Å². The largest absolute Gasteiger partial charge is 0.435 e. The van der Waals surface area contributed by atoms with Crippen molar-refractivity contribution in [2.75, 3.05) is 0 Å². The van der Waals surface area contributed by atoms with E-state index < -0.39 is 15.7 Å². The molecule has 0 heterocycles. The molecule has 84 valence electrons. The van der Waals surface area contributed by atoms with Crippen molar-refractivity contribution in [3.63, 3.8) is 0 Å². The lowest BCUT2D eigenvalue weighted by molar-refractivity contribution is -0.0500. The molecule has 0 spiro atoms. The first kappa shape index (κ1) is 12.7. The topological polar surface area (TPSA) is 43.4 Å². The Morgan fingerprint density at radius 3 is 2.40 bits per heavy atom. The van der Waals surface area contributed by atoms with Crippen LogP contribution in [0.25, 0.3) is 0 Å². The number of alkyl halides is 2. The summed E-state index contributed by atoms with van der Waals surface area (Å²) in [6.07, 6.45) is 0. The second-order valence-corrected chi connectivity index (χ2v) is 5.92. The summed E-state index contributed by atoms with van der Waals surface area (Å²) in [7, 11) is 1.08. The first-order valence-electron chi connectivity index (χ1n) is 3.49. The lowest BCUT2D eigenvalue weighted by atomic mass is 10.3. The van der Waals surface area contributed by atoms with Gasteiger partial charge in [0.25, 0.3) is 9.05 Å². The lowest BCUT2D eigenvalue weighted by Gasteiger charge is -2.06. The highest BCUT2D eigenvalue weighted by Crippen LogP contribution is 2.27. The molecule has 1 aromatic rings. The predicted octanol–water partition coefficient (Wildman–Crippen LogP) is 2.98. The van der Waals surface area contributed by atoms with E-state index in [4.69, 9.17) is 10.7 Å². The van der Waals surface area contributed by atoms with Crippen LogP contribution in [-0.4, -0.2) is 15.0 Å².